The fourth-order valence-corrected chi connectivity index (χ4v) is 3.11. The summed E-state index contributed by atoms with van der Waals surface area (Å²) in [6, 6.07) is 10.6. The van der Waals surface area contributed by atoms with E-state index >= 15 is 0 Å². The molecule has 0 unspecified atom stereocenters. The molecule has 2 N–H and O–H groups in total. The molecular weight excluding hydrogens is 274 g/mol. The molecule has 1 heterocycles. The highest BCUT2D eigenvalue weighted by Crippen LogP contribution is 2.30. The Labute approximate surface area is 132 Å². The highest BCUT2D eigenvalue weighted by Gasteiger charge is 2.34. The topological polar surface area (TPSA) is 47.9 Å². The fraction of sp³-hybridized carbons (Fsp3) is 0.500. The normalized spacial score (nSPS) is 21.1. The minimum Gasteiger partial charge on any atom is -0.388 e. The largest absolute Gasteiger partial charge is 0.388 e. The zero-order chi connectivity index (χ0) is 15.4. The zero-order valence-electron chi connectivity index (χ0n) is 13.3. The standard InChI is InChI=1S/C18H25N3O/c1-19-17(20-14-18(22)10-5-11-18)21-12-8-16(9-13-21)15-6-3-2-4-7-15/h2-4,6-8,22H,5,9-14H2,1H3,(H,19,20). The van der Waals surface area contributed by atoms with Gasteiger partial charge >= 0.3 is 0 Å². The predicted octanol–water partition coefficient (Wildman–Crippen LogP) is 2.27. The molecule has 22 heavy (non-hydrogen) atoms. The van der Waals surface area contributed by atoms with Gasteiger partial charge in [-0.05, 0) is 36.8 Å². The van der Waals surface area contributed by atoms with Gasteiger partial charge in [0.2, 0.25) is 0 Å². The molecule has 0 aromatic heterocycles. The summed E-state index contributed by atoms with van der Waals surface area (Å²) in [7, 11) is 1.81. The van der Waals surface area contributed by atoms with Crippen molar-refractivity contribution in [3.63, 3.8) is 0 Å². The summed E-state index contributed by atoms with van der Waals surface area (Å²) < 4.78 is 0. The Morgan fingerprint density at radius 1 is 1.32 bits per heavy atom. The molecule has 0 saturated heterocycles. The first kappa shape index (κ1) is 15.1. The Morgan fingerprint density at radius 3 is 2.64 bits per heavy atom. The number of aliphatic hydroxyl groups is 1. The maximum atomic E-state index is 10.2. The van der Waals surface area contributed by atoms with Crippen molar-refractivity contribution in [1.82, 2.24) is 10.2 Å². The van der Waals surface area contributed by atoms with Crippen molar-refractivity contribution < 1.29 is 5.11 Å². The molecule has 0 radical (unpaired) electrons. The molecule has 0 atom stereocenters. The van der Waals surface area contributed by atoms with E-state index in [1.165, 1.54) is 11.1 Å². The predicted molar refractivity (Wildman–Crippen MR) is 90.8 cm³/mol. The van der Waals surface area contributed by atoms with Crippen molar-refractivity contribution in [3.05, 3.63) is 42.0 Å². The van der Waals surface area contributed by atoms with Gasteiger partial charge in [0.05, 0.1) is 5.60 Å². The molecule has 0 spiro atoms. The Morgan fingerprint density at radius 2 is 2.09 bits per heavy atom. The maximum Gasteiger partial charge on any atom is 0.194 e. The van der Waals surface area contributed by atoms with Gasteiger partial charge in [-0.3, -0.25) is 4.99 Å². The average Bonchev–Trinajstić information content (AvgIpc) is 2.55. The Balaban J connectivity index is 1.58. The van der Waals surface area contributed by atoms with E-state index in [4.69, 9.17) is 0 Å². The number of aliphatic imine (C=N–C) groups is 1. The smallest absolute Gasteiger partial charge is 0.194 e. The highest BCUT2D eigenvalue weighted by molar-refractivity contribution is 5.81. The van der Waals surface area contributed by atoms with Gasteiger partial charge in [-0.1, -0.05) is 36.4 Å². The second kappa shape index (κ2) is 6.53. The lowest BCUT2D eigenvalue weighted by Gasteiger charge is -2.38. The third kappa shape index (κ3) is 3.33. The van der Waals surface area contributed by atoms with E-state index in [1.807, 2.05) is 7.05 Å². The first-order valence-electron chi connectivity index (χ1n) is 8.13. The summed E-state index contributed by atoms with van der Waals surface area (Å²) in [5.74, 6) is 0.892. The zero-order valence-corrected chi connectivity index (χ0v) is 13.3. The molecule has 118 valence electrons. The van der Waals surface area contributed by atoms with Gasteiger partial charge in [0.1, 0.15) is 0 Å². The van der Waals surface area contributed by atoms with E-state index < -0.39 is 5.60 Å². The van der Waals surface area contributed by atoms with Crippen LogP contribution in [0.3, 0.4) is 0 Å². The average molecular weight is 299 g/mol. The van der Waals surface area contributed by atoms with E-state index in [2.05, 4.69) is 51.6 Å². The van der Waals surface area contributed by atoms with Crippen LogP contribution in [0.2, 0.25) is 0 Å². The van der Waals surface area contributed by atoms with Crippen LogP contribution in [0.25, 0.3) is 5.57 Å². The van der Waals surface area contributed by atoms with Gasteiger partial charge in [0, 0.05) is 26.7 Å². The van der Waals surface area contributed by atoms with Crippen LogP contribution < -0.4 is 5.32 Å². The molecule has 0 amide bonds. The van der Waals surface area contributed by atoms with Gasteiger partial charge in [-0.25, -0.2) is 0 Å². The molecule has 3 rings (SSSR count). The molecule has 1 aromatic rings. The van der Waals surface area contributed by atoms with E-state index in [1.54, 1.807) is 0 Å². The number of hydrogen-bond donors (Lipinski definition) is 2. The molecular formula is C18H25N3O. The molecule has 1 saturated carbocycles. The first-order chi connectivity index (χ1) is 10.7. The molecule has 4 nitrogen and oxygen atoms in total. The van der Waals surface area contributed by atoms with Crippen molar-refractivity contribution >= 4 is 11.5 Å². The van der Waals surface area contributed by atoms with Crippen LogP contribution in [0.1, 0.15) is 31.2 Å². The molecule has 4 heteroatoms. The molecule has 1 aliphatic carbocycles. The lowest BCUT2D eigenvalue weighted by Crippen LogP contribution is -2.52. The summed E-state index contributed by atoms with van der Waals surface area (Å²) in [6.45, 7) is 2.42. The van der Waals surface area contributed by atoms with Crippen LogP contribution in [-0.2, 0) is 0 Å². The fourth-order valence-electron chi connectivity index (χ4n) is 3.11. The Hall–Kier alpha value is -1.81. The third-order valence-electron chi connectivity index (χ3n) is 4.72. The highest BCUT2D eigenvalue weighted by atomic mass is 16.3. The summed E-state index contributed by atoms with van der Waals surface area (Å²) in [6.07, 6.45) is 6.23. The number of hydrogen-bond acceptors (Lipinski definition) is 2. The minimum absolute atomic E-state index is 0.517. The molecule has 1 fully saturated rings. The van der Waals surface area contributed by atoms with Gasteiger partial charge in [-0.2, -0.15) is 0 Å². The van der Waals surface area contributed by atoms with Crippen molar-refractivity contribution in [2.75, 3.05) is 26.7 Å². The number of nitrogens with one attached hydrogen (secondary N) is 1. The quantitative estimate of drug-likeness (QED) is 0.665. The van der Waals surface area contributed by atoms with Gasteiger partial charge < -0.3 is 15.3 Å². The van der Waals surface area contributed by atoms with E-state index in [0.29, 0.717) is 6.54 Å². The SMILES string of the molecule is CN=C(NCC1(O)CCC1)N1CC=C(c2ccccc2)CC1. The lowest BCUT2D eigenvalue weighted by atomic mass is 9.80. The number of benzene rings is 1. The Kier molecular flexibility index (Phi) is 4.48. The molecule has 1 aliphatic heterocycles. The second-order valence-corrected chi connectivity index (χ2v) is 6.27. The summed E-state index contributed by atoms with van der Waals surface area (Å²) in [5, 5.41) is 13.5. The van der Waals surface area contributed by atoms with Crippen LogP contribution in [0.5, 0.6) is 0 Å². The van der Waals surface area contributed by atoms with Crippen molar-refractivity contribution in [3.8, 4) is 0 Å². The first-order valence-corrected chi connectivity index (χ1v) is 8.13. The van der Waals surface area contributed by atoms with Gasteiger partial charge in [-0.15, -0.1) is 0 Å². The molecule has 2 aliphatic rings. The number of rotatable bonds is 3. The number of nitrogens with zero attached hydrogens (tertiary/aromatic N) is 2. The van der Waals surface area contributed by atoms with Crippen LogP contribution in [0.15, 0.2) is 41.4 Å². The summed E-state index contributed by atoms with van der Waals surface area (Å²) in [4.78, 5) is 6.61. The molecule has 1 aromatic carbocycles. The van der Waals surface area contributed by atoms with Crippen LogP contribution in [-0.4, -0.2) is 48.2 Å². The minimum atomic E-state index is -0.517. The number of guanidine groups is 1. The third-order valence-corrected chi connectivity index (χ3v) is 4.72. The summed E-state index contributed by atoms with van der Waals surface area (Å²) >= 11 is 0. The van der Waals surface area contributed by atoms with Gasteiger partial charge in [0.15, 0.2) is 5.96 Å². The Bertz CT molecular complexity index is 561. The monoisotopic (exact) mass is 299 g/mol. The van der Waals surface area contributed by atoms with E-state index in [-0.39, 0.29) is 0 Å². The van der Waals surface area contributed by atoms with Crippen LogP contribution >= 0.6 is 0 Å². The second-order valence-electron chi connectivity index (χ2n) is 6.27. The van der Waals surface area contributed by atoms with E-state index in [0.717, 1.165) is 44.7 Å². The van der Waals surface area contributed by atoms with Crippen LogP contribution in [0.4, 0.5) is 0 Å². The summed E-state index contributed by atoms with van der Waals surface area (Å²) in [5.41, 5.74) is 2.20. The maximum absolute atomic E-state index is 10.2. The van der Waals surface area contributed by atoms with Crippen molar-refractivity contribution in [1.29, 1.82) is 0 Å². The van der Waals surface area contributed by atoms with E-state index in [9.17, 15) is 5.11 Å². The molecule has 0 bridgehead atoms. The lowest BCUT2D eigenvalue weighted by molar-refractivity contribution is -0.0282. The van der Waals surface area contributed by atoms with Gasteiger partial charge in [0.25, 0.3) is 0 Å². The van der Waals surface area contributed by atoms with Crippen LogP contribution in [0, 0.1) is 0 Å². The van der Waals surface area contributed by atoms with Crippen molar-refractivity contribution in [2.24, 2.45) is 4.99 Å². The van der Waals surface area contributed by atoms with Crippen molar-refractivity contribution in [2.45, 2.75) is 31.3 Å².